The highest BCUT2D eigenvalue weighted by molar-refractivity contribution is 5.76. The standard InChI is InChI=1S/C54H93NO13/c1-3-5-7-9-11-13-15-17-19-20-21-22-24-26-28-30-32-34-36-38-46(59)55-42(43(58)37-35-33-31-29-27-25-23-18-16-14-12-10-8-6-4-2)41-65-53-51(64)49(62)52(45(40-57)67-53)68-54-50(63)48(61)47(60)44(39-56)66-54/h11,13,16-19,21-22,27,29,35,37,42-45,47-54,56-58,60-64H,3-10,12,14-15,20,23-26,28,30-34,36,38-41H2,1-2H3,(H,55,59)/b13-11-,18-16+,19-17-,22-21-,29-27+,37-35+. The van der Waals surface area contributed by atoms with Gasteiger partial charge in [-0.05, 0) is 83.5 Å². The Morgan fingerprint density at radius 2 is 0.985 bits per heavy atom. The van der Waals surface area contributed by atoms with E-state index in [2.05, 4.69) is 79.9 Å². The van der Waals surface area contributed by atoms with E-state index in [9.17, 15) is 45.6 Å². The number of unbranched alkanes of at least 4 members (excludes halogenated alkanes) is 16. The molecule has 14 heteroatoms. The van der Waals surface area contributed by atoms with Gasteiger partial charge in [-0.2, -0.15) is 0 Å². The molecule has 2 rings (SSSR count). The molecule has 9 N–H and O–H groups in total. The van der Waals surface area contributed by atoms with E-state index < -0.39 is 86.8 Å². The molecule has 2 aliphatic heterocycles. The molecule has 0 aromatic carbocycles. The summed E-state index contributed by atoms with van der Waals surface area (Å²) >= 11 is 0. The molecule has 14 nitrogen and oxygen atoms in total. The van der Waals surface area contributed by atoms with Crippen molar-refractivity contribution in [1.29, 1.82) is 0 Å². The zero-order chi connectivity index (χ0) is 49.6. The fourth-order valence-electron chi connectivity index (χ4n) is 8.03. The summed E-state index contributed by atoms with van der Waals surface area (Å²) in [7, 11) is 0. The fourth-order valence-corrected chi connectivity index (χ4v) is 8.03. The van der Waals surface area contributed by atoms with Crippen molar-refractivity contribution in [3.8, 4) is 0 Å². The highest BCUT2D eigenvalue weighted by atomic mass is 16.7. The van der Waals surface area contributed by atoms with Crippen LogP contribution in [0, 0.1) is 0 Å². The summed E-state index contributed by atoms with van der Waals surface area (Å²) < 4.78 is 22.7. The number of aliphatic hydroxyl groups is 8. The van der Waals surface area contributed by atoms with Gasteiger partial charge in [0, 0.05) is 6.42 Å². The second kappa shape index (κ2) is 40.1. The number of nitrogens with one attached hydrogen (secondary N) is 1. The maximum atomic E-state index is 13.2. The van der Waals surface area contributed by atoms with Gasteiger partial charge in [-0.3, -0.25) is 4.79 Å². The molecule has 0 radical (unpaired) electrons. The van der Waals surface area contributed by atoms with Gasteiger partial charge in [0.05, 0.1) is 32.0 Å². The second-order valence-corrected chi connectivity index (χ2v) is 18.3. The lowest BCUT2D eigenvalue weighted by Crippen LogP contribution is -2.65. The first-order valence-electron chi connectivity index (χ1n) is 26.2. The molecular formula is C54H93NO13. The van der Waals surface area contributed by atoms with Crippen LogP contribution in [0.25, 0.3) is 0 Å². The first-order chi connectivity index (χ1) is 33.1. The van der Waals surface area contributed by atoms with Crippen molar-refractivity contribution in [3.05, 3.63) is 72.9 Å². The lowest BCUT2D eigenvalue weighted by molar-refractivity contribution is -0.359. The van der Waals surface area contributed by atoms with Gasteiger partial charge < -0.3 is 65.1 Å². The maximum absolute atomic E-state index is 13.2. The Morgan fingerprint density at radius 1 is 0.529 bits per heavy atom. The van der Waals surface area contributed by atoms with Crippen LogP contribution in [0.15, 0.2) is 72.9 Å². The van der Waals surface area contributed by atoms with E-state index in [0.29, 0.717) is 12.8 Å². The molecule has 0 saturated carbocycles. The summed E-state index contributed by atoms with van der Waals surface area (Å²) in [6, 6.07) is -0.947. The molecule has 0 aromatic rings. The quantitative estimate of drug-likeness (QED) is 0.0220. The van der Waals surface area contributed by atoms with Gasteiger partial charge in [0.2, 0.25) is 5.91 Å². The van der Waals surface area contributed by atoms with Crippen molar-refractivity contribution in [1.82, 2.24) is 5.32 Å². The number of carbonyl (C=O) groups is 1. The highest BCUT2D eigenvalue weighted by Gasteiger charge is 2.51. The number of aliphatic hydroxyl groups excluding tert-OH is 8. The van der Waals surface area contributed by atoms with E-state index in [1.54, 1.807) is 6.08 Å². The molecule has 12 unspecified atom stereocenters. The van der Waals surface area contributed by atoms with Gasteiger partial charge in [-0.15, -0.1) is 0 Å². The number of allylic oxidation sites excluding steroid dienone is 11. The van der Waals surface area contributed by atoms with Crippen LogP contribution in [0.2, 0.25) is 0 Å². The van der Waals surface area contributed by atoms with Crippen LogP contribution in [0.5, 0.6) is 0 Å². The van der Waals surface area contributed by atoms with E-state index in [1.165, 1.54) is 57.8 Å². The van der Waals surface area contributed by atoms with E-state index in [-0.39, 0.29) is 18.9 Å². The zero-order valence-electron chi connectivity index (χ0n) is 41.6. The number of ether oxygens (including phenoxy) is 4. The third-order valence-electron chi connectivity index (χ3n) is 12.3. The molecule has 0 aliphatic carbocycles. The molecule has 392 valence electrons. The molecule has 2 fully saturated rings. The molecule has 0 aromatic heterocycles. The Balaban J connectivity index is 1.87. The lowest BCUT2D eigenvalue weighted by Gasteiger charge is -2.46. The Morgan fingerprint density at radius 3 is 1.57 bits per heavy atom. The minimum absolute atomic E-state index is 0.252. The summed E-state index contributed by atoms with van der Waals surface area (Å²) in [5.74, 6) is -0.270. The van der Waals surface area contributed by atoms with E-state index in [4.69, 9.17) is 18.9 Å². The van der Waals surface area contributed by atoms with E-state index >= 15 is 0 Å². The molecular weight excluding hydrogens is 871 g/mol. The normalized spacial score (nSPS) is 27.0. The Labute approximate surface area is 408 Å². The molecule has 2 aliphatic rings. The van der Waals surface area contributed by atoms with Crippen LogP contribution >= 0.6 is 0 Å². The van der Waals surface area contributed by atoms with Crippen molar-refractivity contribution in [2.45, 2.75) is 242 Å². The number of hydrogen-bond acceptors (Lipinski definition) is 13. The average Bonchev–Trinajstić information content (AvgIpc) is 3.34. The predicted octanol–water partition coefficient (Wildman–Crippen LogP) is 7.21. The topological polar surface area (TPSA) is 228 Å². The maximum Gasteiger partial charge on any atom is 0.220 e. The third-order valence-corrected chi connectivity index (χ3v) is 12.3. The Kier molecular flexibility index (Phi) is 36.3. The van der Waals surface area contributed by atoms with Crippen LogP contribution < -0.4 is 5.32 Å². The predicted molar refractivity (Wildman–Crippen MR) is 267 cm³/mol. The Bertz CT molecular complexity index is 1420. The minimum Gasteiger partial charge on any atom is -0.394 e. The number of carbonyl (C=O) groups excluding carboxylic acids is 1. The van der Waals surface area contributed by atoms with Gasteiger partial charge in [0.1, 0.15) is 48.8 Å². The van der Waals surface area contributed by atoms with Gasteiger partial charge in [-0.1, -0.05) is 151 Å². The first-order valence-corrected chi connectivity index (χ1v) is 26.2. The molecule has 0 bridgehead atoms. The third kappa shape index (κ3) is 26.6. The molecule has 12 atom stereocenters. The Hall–Kier alpha value is -2.57. The van der Waals surface area contributed by atoms with Crippen molar-refractivity contribution in [2.75, 3.05) is 19.8 Å². The SMILES string of the molecule is CCCCC/C=C\C/C=C\C/C=C\CCCCCCCCC(=O)NC(COC1OC(CO)C(OC2OC(CO)C(O)C(O)C2O)C(O)C1O)C(O)/C=C/CC/C=C/CC/C=C/CCCCCCC. The van der Waals surface area contributed by atoms with Gasteiger partial charge in [0.25, 0.3) is 0 Å². The highest BCUT2D eigenvalue weighted by Crippen LogP contribution is 2.30. The monoisotopic (exact) mass is 964 g/mol. The van der Waals surface area contributed by atoms with Crippen molar-refractivity contribution < 1.29 is 64.6 Å². The van der Waals surface area contributed by atoms with Crippen LogP contribution in [0.1, 0.15) is 168 Å². The lowest BCUT2D eigenvalue weighted by atomic mass is 9.97. The first kappa shape index (κ1) is 61.5. The van der Waals surface area contributed by atoms with Crippen LogP contribution in [-0.4, -0.2) is 140 Å². The minimum atomic E-state index is -1.80. The molecule has 2 saturated heterocycles. The second-order valence-electron chi connectivity index (χ2n) is 18.3. The van der Waals surface area contributed by atoms with Crippen molar-refractivity contribution in [2.24, 2.45) is 0 Å². The molecule has 1 amide bonds. The average molecular weight is 964 g/mol. The number of hydrogen-bond donors (Lipinski definition) is 9. The number of amides is 1. The van der Waals surface area contributed by atoms with Crippen LogP contribution in [0.3, 0.4) is 0 Å². The van der Waals surface area contributed by atoms with Crippen LogP contribution in [-0.2, 0) is 23.7 Å². The van der Waals surface area contributed by atoms with Crippen molar-refractivity contribution in [3.63, 3.8) is 0 Å². The van der Waals surface area contributed by atoms with E-state index in [1.807, 2.05) is 6.08 Å². The van der Waals surface area contributed by atoms with Gasteiger partial charge >= 0.3 is 0 Å². The van der Waals surface area contributed by atoms with E-state index in [0.717, 1.165) is 77.0 Å². The summed E-state index contributed by atoms with van der Waals surface area (Å²) in [5.41, 5.74) is 0. The molecule has 68 heavy (non-hydrogen) atoms. The largest absolute Gasteiger partial charge is 0.394 e. The zero-order valence-corrected chi connectivity index (χ0v) is 41.6. The summed E-state index contributed by atoms with van der Waals surface area (Å²) in [4.78, 5) is 13.2. The molecule has 2 heterocycles. The fraction of sp³-hybridized carbons (Fsp3) is 0.759. The smallest absolute Gasteiger partial charge is 0.220 e. The molecule has 0 spiro atoms. The summed E-state index contributed by atoms with van der Waals surface area (Å²) in [5, 5.41) is 86.7. The summed E-state index contributed by atoms with van der Waals surface area (Å²) in [6.45, 7) is 2.69. The van der Waals surface area contributed by atoms with Gasteiger partial charge in [0.15, 0.2) is 12.6 Å². The van der Waals surface area contributed by atoms with Crippen LogP contribution in [0.4, 0.5) is 0 Å². The van der Waals surface area contributed by atoms with Crippen molar-refractivity contribution >= 4 is 5.91 Å². The van der Waals surface area contributed by atoms with Gasteiger partial charge in [-0.25, -0.2) is 0 Å². The number of rotatable bonds is 39. The summed E-state index contributed by atoms with van der Waals surface area (Å²) in [6.07, 6.45) is 33.6.